The first-order valence-electron chi connectivity index (χ1n) is 6.78. The topological polar surface area (TPSA) is 85.2 Å². The van der Waals surface area contributed by atoms with Crippen molar-refractivity contribution < 1.29 is 29.2 Å². The van der Waals surface area contributed by atoms with Gasteiger partial charge in [-0.25, -0.2) is 0 Å². The molecule has 0 saturated carbocycles. The summed E-state index contributed by atoms with van der Waals surface area (Å²) in [5.74, 6) is 0.386. The minimum Gasteiger partial charge on any atom is -0.508 e. The second kappa shape index (κ2) is 4.56. The Balaban J connectivity index is 1.85. The zero-order chi connectivity index (χ0) is 15.3. The Morgan fingerprint density at radius 1 is 1.00 bits per heavy atom. The number of phenolic OH excluding ortho intramolecular Hbond substituents is 2. The van der Waals surface area contributed by atoms with Gasteiger partial charge in [-0.3, -0.25) is 4.79 Å². The fourth-order valence-corrected chi connectivity index (χ4v) is 2.88. The van der Waals surface area contributed by atoms with Gasteiger partial charge in [-0.15, -0.1) is 0 Å². The van der Waals surface area contributed by atoms with Gasteiger partial charge in [-0.2, -0.15) is 0 Å². The Labute approximate surface area is 125 Å². The van der Waals surface area contributed by atoms with Crippen LogP contribution in [0, 0.1) is 0 Å². The van der Waals surface area contributed by atoms with Crippen LogP contribution in [0.3, 0.4) is 0 Å². The lowest BCUT2D eigenvalue weighted by Gasteiger charge is -2.25. The van der Waals surface area contributed by atoms with E-state index in [4.69, 9.17) is 14.2 Å². The van der Waals surface area contributed by atoms with Crippen molar-refractivity contribution in [3.8, 4) is 28.7 Å². The number of benzene rings is 2. The van der Waals surface area contributed by atoms with E-state index in [0.717, 1.165) is 5.56 Å². The molecule has 112 valence electrons. The smallest absolute Gasteiger partial charge is 0.312 e. The molecule has 0 amide bonds. The third-order valence-electron chi connectivity index (χ3n) is 3.85. The number of fused-ring (bicyclic) bond motifs is 2. The first-order valence-corrected chi connectivity index (χ1v) is 6.78. The Kier molecular flexibility index (Phi) is 2.66. The molecule has 2 heterocycles. The van der Waals surface area contributed by atoms with Gasteiger partial charge >= 0.3 is 5.97 Å². The summed E-state index contributed by atoms with van der Waals surface area (Å²) in [4.78, 5) is 11.8. The molecule has 0 bridgehead atoms. The van der Waals surface area contributed by atoms with Crippen LogP contribution in [0.4, 0.5) is 0 Å². The molecule has 1 atom stereocenters. The number of hydrogen-bond acceptors (Lipinski definition) is 6. The van der Waals surface area contributed by atoms with E-state index >= 15 is 0 Å². The second-order valence-electron chi connectivity index (χ2n) is 5.22. The highest BCUT2D eigenvalue weighted by Crippen LogP contribution is 2.47. The van der Waals surface area contributed by atoms with Crippen LogP contribution in [-0.2, 0) is 4.79 Å². The van der Waals surface area contributed by atoms with Crippen LogP contribution in [-0.4, -0.2) is 23.0 Å². The molecule has 2 N–H and O–H groups in total. The normalized spacial score (nSPS) is 18.7. The van der Waals surface area contributed by atoms with Gasteiger partial charge in [0.15, 0.2) is 11.5 Å². The van der Waals surface area contributed by atoms with Crippen LogP contribution in [0.25, 0.3) is 0 Å². The molecule has 2 aliphatic heterocycles. The van der Waals surface area contributed by atoms with Crippen molar-refractivity contribution in [3.05, 3.63) is 41.5 Å². The van der Waals surface area contributed by atoms with Crippen molar-refractivity contribution in [1.82, 2.24) is 0 Å². The molecule has 0 saturated heterocycles. The highest BCUT2D eigenvalue weighted by atomic mass is 16.7. The van der Waals surface area contributed by atoms with Crippen LogP contribution in [0.1, 0.15) is 23.5 Å². The predicted octanol–water partition coefficient (Wildman–Crippen LogP) is 2.27. The molecule has 2 aliphatic rings. The van der Waals surface area contributed by atoms with Gasteiger partial charge in [0.1, 0.15) is 17.2 Å². The van der Waals surface area contributed by atoms with Gasteiger partial charge in [0, 0.05) is 23.6 Å². The van der Waals surface area contributed by atoms with Crippen molar-refractivity contribution in [1.29, 1.82) is 0 Å². The van der Waals surface area contributed by atoms with E-state index < -0.39 is 5.97 Å². The number of carbonyl (C=O) groups is 1. The third-order valence-corrected chi connectivity index (χ3v) is 3.85. The summed E-state index contributed by atoms with van der Waals surface area (Å²) in [6.45, 7) is 0.168. The maximum absolute atomic E-state index is 11.8. The average molecular weight is 300 g/mol. The molecule has 4 rings (SSSR count). The molecule has 0 fully saturated rings. The van der Waals surface area contributed by atoms with E-state index in [-0.39, 0.29) is 36.4 Å². The fourth-order valence-electron chi connectivity index (χ4n) is 2.88. The van der Waals surface area contributed by atoms with Crippen molar-refractivity contribution in [2.24, 2.45) is 0 Å². The van der Waals surface area contributed by atoms with Gasteiger partial charge in [-0.1, -0.05) is 6.07 Å². The summed E-state index contributed by atoms with van der Waals surface area (Å²) < 4.78 is 15.8. The minimum absolute atomic E-state index is 0.102. The van der Waals surface area contributed by atoms with E-state index in [1.165, 1.54) is 12.1 Å². The van der Waals surface area contributed by atoms with Crippen LogP contribution < -0.4 is 14.2 Å². The number of carbonyl (C=O) groups excluding carboxylic acids is 1. The summed E-state index contributed by atoms with van der Waals surface area (Å²) in [5.41, 5.74) is 1.29. The Bertz CT molecular complexity index is 782. The number of esters is 1. The van der Waals surface area contributed by atoms with Crippen molar-refractivity contribution in [2.45, 2.75) is 12.3 Å². The maximum atomic E-state index is 11.8. The van der Waals surface area contributed by atoms with E-state index in [9.17, 15) is 15.0 Å². The Hall–Kier alpha value is -2.89. The van der Waals surface area contributed by atoms with Crippen LogP contribution in [0.5, 0.6) is 28.7 Å². The molecule has 2 aromatic carbocycles. The molecule has 0 aliphatic carbocycles. The highest BCUT2D eigenvalue weighted by Gasteiger charge is 2.32. The van der Waals surface area contributed by atoms with Crippen molar-refractivity contribution in [3.63, 3.8) is 0 Å². The van der Waals surface area contributed by atoms with Gasteiger partial charge in [0.2, 0.25) is 6.79 Å². The molecule has 0 unspecified atom stereocenters. The van der Waals surface area contributed by atoms with Gasteiger partial charge < -0.3 is 24.4 Å². The number of hydrogen-bond donors (Lipinski definition) is 2. The van der Waals surface area contributed by atoms with Crippen molar-refractivity contribution in [2.75, 3.05) is 6.79 Å². The van der Waals surface area contributed by atoms with Gasteiger partial charge in [0.25, 0.3) is 0 Å². The van der Waals surface area contributed by atoms with E-state index in [1.807, 2.05) is 6.07 Å². The highest BCUT2D eigenvalue weighted by molar-refractivity contribution is 5.79. The molecular weight excluding hydrogens is 288 g/mol. The Morgan fingerprint density at radius 3 is 2.68 bits per heavy atom. The van der Waals surface area contributed by atoms with Crippen molar-refractivity contribution >= 4 is 5.97 Å². The van der Waals surface area contributed by atoms with Gasteiger partial charge in [-0.05, 0) is 17.7 Å². The summed E-state index contributed by atoms with van der Waals surface area (Å²) >= 11 is 0. The lowest BCUT2D eigenvalue weighted by Crippen LogP contribution is -2.21. The number of phenols is 2. The summed E-state index contributed by atoms with van der Waals surface area (Å²) in [5, 5.41) is 19.7. The molecule has 6 heteroatoms. The number of rotatable bonds is 1. The fraction of sp³-hybridized carbons (Fsp3) is 0.188. The Morgan fingerprint density at radius 2 is 1.82 bits per heavy atom. The zero-order valence-electron chi connectivity index (χ0n) is 11.4. The lowest BCUT2D eigenvalue weighted by atomic mass is 9.85. The summed E-state index contributed by atoms with van der Waals surface area (Å²) in [7, 11) is 0. The molecular formula is C16H12O6. The first kappa shape index (κ1) is 12.8. The second-order valence-corrected chi connectivity index (χ2v) is 5.22. The first-order chi connectivity index (χ1) is 10.6. The van der Waals surface area contributed by atoms with E-state index in [1.54, 1.807) is 12.1 Å². The summed E-state index contributed by atoms with van der Waals surface area (Å²) in [6.07, 6.45) is 0.102. The standard InChI is InChI=1S/C16H12O6/c17-9-4-11(18)16-10(6-15(19)22-14(16)5-9)8-1-2-12-13(3-8)21-7-20-12/h1-5,10,17-18H,6-7H2/t10-/m1/s1. The van der Waals surface area contributed by atoms with E-state index in [0.29, 0.717) is 17.1 Å². The quantitative estimate of drug-likeness (QED) is 0.621. The molecule has 0 radical (unpaired) electrons. The SMILES string of the molecule is O=C1C[C@H](c2ccc3c(c2)OCO3)c2c(O)cc(O)cc2O1. The van der Waals surface area contributed by atoms with Gasteiger partial charge in [0.05, 0.1) is 6.42 Å². The predicted molar refractivity (Wildman–Crippen MR) is 74.4 cm³/mol. The zero-order valence-corrected chi connectivity index (χ0v) is 11.4. The maximum Gasteiger partial charge on any atom is 0.312 e. The monoisotopic (exact) mass is 300 g/mol. The average Bonchev–Trinajstić information content (AvgIpc) is 2.92. The van der Waals surface area contributed by atoms with Crippen LogP contribution in [0.2, 0.25) is 0 Å². The third kappa shape index (κ3) is 1.92. The molecule has 6 nitrogen and oxygen atoms in total. The molecule has 22 heavy (non-hydrogen) atoms. The largest absolute Gasteiger partial charge is 0.508 e. The molecule has 2 aromatic rings. The van der Waals surface area contributed by atoms with E-state index in [2.05, 4.69) is 0 Å². The number of ether oxygens (including phenoxy) is 3. The van der Waals surface area contributed by atoms with Crippen LogP contribution in [0.15, 0.2) is 30.3 Å². The molecule has 0 spiro atoms. The molecule has 0 aromatic heterocycles. The summed E-state index contributed by atoms with van der Waals surface area (Å²) in [6, 6.07) is 7.95. The minimum atomic E-state index is -0.417. The van der Waals surface area contributed by atoms with Crippen LogP contribution >= 0.6 is 0 Å². The number of aromatic hydroxyl groups is 2. The lowest BCUT2D eigenvalue weighted by molar-refractivity contribution is -0.135.